The number of hydrogen-bond donors (Lipinski definition) is 2. The maximum Gasteiger partial charge on any atom is 0.0897 e. The van der Waals surface area contributed by atoms with Crippen LogP contribution in [0.1, 0.15) is 26.3 Å². The molecule has 1 rings (SSSR count). The van der Waals surface area contributed by atoms with Crippen molar-refractivity contribution in [3.63, 3.8) is 0 Å². The van der Waals surface area contributed by atoms with Gasteiger partial charge < -0.3 is 15.2 Å². The first kappa shape index (κ1) is 16.9. The van der Waals surface area contributed by atoms with Crippen LogP contribution < -0.4 is 5.32 Å². The van der Waals surface area contributed by atoms with Crippen molar-refractivity contribution in [2.24, 2.45) is 5.92 Å². The van der Waals surface area contributed by atoms with Gasteiger partial charge in [-0.25, -0.2) is 0 Å². The quantitative estimate of drug-likeness (QED) is 0.729. The van der Waals surface area contributed by atoms with Gasteiger partial charge in [0.25, 0.3) is 0 Å². The zero-order valence-electron chi connectivity index (χ0n) is 12.8. The van der Waals surface area contributed by atoms with Gasteiger partial charge >= 0.3 is 0 Å². The van der Waals surface area contributed by atoms with Gasteiger partial charge in [0.2, 0.25) is 0 Å². The molecule has 0 aromatic heterocycles. The summed E-state index contributed by atoms with van der Waals surface area (Å²) in [5.41, 5.74) is 2.44. The van der Waals surface area contributed by atoms with E-state index in [9.17, 15) is 5.11 Å². The molecule has 0 bridgehead atoms. The summed E-state index contributed by atoms with van der Waals surface area (Å²) in [5.74, 6) is 0.506. The third-order valence-corrected chi connectivity index (χ3v) is 2.76. The van der Waals surface area contributed by atoms with Crippen LogP contribution in [-0.4, -0.2) is 37.5 Å². The monoisotopic (exact) mass is 277 g/mol. The van der Waals surface area contributed by atoms with Crippen LogP contribution in [0.25, 0.3) is 6.08 Å². The van der Waals surface area contributed by atoms with Gasteiger partial charge in [-0.15, -0.1) is 0 Å². The van der Waals surface area contributed by atoms with Crippen molar-refractivity contribution in [2.75, 3.05) is 26.3 Å². The van der Waals surface area contributed by atoms with Crippen molar-refractivity contribution in [3.05, 3.63) is 41.5 Å². The van der Waals surface area contributed by atoms with Gasteiger partial charge in [-0.1, -0.05) is 55.8 Å². The predicted octanol–water partition coefficient (Wildman–Crippen LogP) is 2.71. The molecule has 0 saturated carbocycles. The Labute approximate surface area is 122 Å². The Kier molecular flexibility index (Phi) is 8.19. The highest BCUT2D eigenvalue weighted by Gasteiger charge is 2.04. The molecule has 1 aromatic carbocycles. The molecule has 3 nitrogen and oxygen atoms in total. The molecule has 1 unspecified atom stereocenters. The van der Waals surface area contributed by atoms with Crippen molar-refractivity contribution < 1.29 is 9.84 Å². The molecule has 2 N–H and O–H groups in total. The van der Waals surface area contributed by atoms with Crippen LogP contribution in [0.15, 0.2) is 35.9 Å². The number of rotatable bonds is 9. The van der Waals surface area contributed by atoms with E-state index in [0.717, 1.165) is 6.54 Å². The third-order valence-electron chi connectivity index (χ3n) is 2.76. The zero-order valence-corrected chi connectivity index (χ0v) is 12.8. The van der Waals surface area contributed by atoms with E-state index in [-0.39, 0.29) is 0 Å². The number of aliphatic hydroxyl groups is 1. The Balaban J connectivity index is 2.18. The van der Waals surface area contributed by atoms with Crippen molar-refractivity contribution in [1.29, 1.82) is 0 Å². The first-order valence-electron chi connectivity index (χ1n) is 7.26. The standard InChI is InChI=1S/C17H27NO2/c1-14(2)12-20-13-17(19)11-18-10-15(3)9-16-7-5-4-6-8-16/h4-9,14,17-19H,10-13H2,1-3H3/b15-9+. The second kappa shape index (κ2) is 9.70. The smallest absolute Gasteiger partial charge is 0.0897 e. The normalized spacial score (nSPS) is 13.8. The van der Waals surface area contributed by atoms with E-state index in [1.54, 1.807) is 0 Å². The van der Waals surface area contributed by atoms with E-state index >= 15 is 0 Å². The van der Waals surface area contributed by atoms with E-state index in [1.807, 2.05) is 18.2 Å². The van der Waals surface area contributed by atoms with Gasteiger partial charge in [-0.3, -0.25) is 0 Å². The van der Waals surface area contributed by atoms with Crippen LogP contribution in [0, 0.1) is 5.92 Å². The molecule has 0 aliphatic heterocycles. The van der Waals surface area contributed by atoms with E-state index in [0.29, 0.717) is 25.7 Å². The molecule has 0 radical (unpaired) electrons. The van der Waals surface area contributed by atoms with Crippen LogP contribution in [0.4, 0.5) is 0 Å². The second-order valence-corrected chi connectivity index (χ2v) is 5.62. The minimum atomic E-state index is -0.446. The largest absolute Gasteiger partial charge is 0.389 e. The molecular formula is C17H27NO2. The van der Waals surface area contributed by atoms with Crippen LogP contribution in [0.2, 0.25) is 0 Å². The summed E-state index contributed by atoms with van der Waals surface area (Å²) in [5, 5.41) is 13.0. The molecule has 1 atom stereocenters. The lowest BCUT2D eigenvalue weighted by molar-refractivity contribution is 0.0265. The minimum Gasteiger partial charge on any atom is -0.389 e. The van der Waals surface area contributed by atoms with Gasteiger partial charge in [-0.2, -0.15) is 0 Å². The Morgan fingerprint density at radius 2 is 1.95 bits per heavy atom. The molecule has 3 heteroatoms. The van der Waals surface area contributed by atoms with Crippen molar-refractivity contribution >= 4 is 6.08 Å². The van der Waals surface area contributed by atoms with Crippen LogP contribution in [-0.2, 0) is 4.74 Å². The number of nitrogens with one attached hydrogen (secondary N) is 1. The lowest BCUT2D eigenvalue weighted by Crippen LogP contribution is -2.31. The summed E-state index contributed by atoms with van der Waals surface area (Å²) in [7, 11) is 0. The van der Waals surface area contributed by atoms with Crippen molar-refractivity contribution in [2.45, 2.75) is 26.9 Å². The van der Waals surface area contributed by atoms with Crippen LogP contribution >= 0.6 is 0 Å². The average molecular weight is 277 g/mol. The average Bonchev–Trinajstić information content (AvgIpc) is 2.39. The molecule has 112 valence electrons. The Morgan fingerprint density at radius 1 is 1.25 bits per heavy atom. The molecule has 0 aliphatic carbocycles. The highest BCUT2D eigenvalue weighted by Crippen LogP contribution is 2.05. The molecule has 0 spiro atoms. The highest BCUT2D eigenvalue weighted by atomic mass is 16.5. The molecule has 1 aromatic rings. The van der Waals surface area contributed by atoms with Gasteiger partial charge in [0.1, 0.15) is 0 Å². The maximum absolute atomic E-state index is 9.76. The summed E-state index contributed by atoms with van der Waals surface area (Å²) in [4.78, 5) is 0. The van der Waals surface area contributed by atoms with E-state index in [1.165, 1.54) is 11.1 Å². The number of hydrogen-bond acceptors (Lipinski definition) is 3. The molecule has 0 saturated heterocycles. The summed E-state index contributed by atoms with van der Waals surface area (Å²) in [6.45, 7) is 8.71. The number of benzene rings is 1. The van der Waals surface area contributed by atoms with Crippen molar-refractivity contribution in [1.82, 2.24) is 5.32 Å². The fourth-order valence-corrected chi connectivity index (χ4v) is 1.82. The maximum atomic E-state index is 9.76. The van der Waals surface area contributed by atoms with Crippen LogP contribution in [0.3, 0.4) is 0 Å². The molecule has 0 aliphatic rings. The zero-order chi connectivity index (χ0) is 14.8. The van der Waals surface area contributed by atoms with E-state index in [2.05, 4.69) is 44.3 Å². The lowest BCUT2D eigenvalue weighted by Gasteiger charge is -2.13. The molecule has 0 fully saturated rings. The molecular weight excluding hydrogens is 250 g/mol. The van der Waals surface area contributed by atoms with Gasteiger partial charge in [-0.05, 0) is 18.4 Å². The molecule has 20 heavy (non-hydrogen) atoms. The summed E-state index contributed by atoms with van der Waals surface area (Å²) < 4.78 is 5.41. The highest BCUT2D eigenvalue weighted by molar-refractivity contribution is 5.52. The molecule has 0 heterocycles. The summed E-state index contributed by atoms with van der Waals surface area (Å²) >= 11 is 0. The Bertz CT molecular complexity index is 387. The minimum absolute atomic E-state index is 0.395. The first-order valence-corrected chi connectivity index (χ1v) is 7.26. The Morgan fingerprint density at radius 3 is 2.60 bits per heavy atom. The lowest BCUT2D eigenvalue weighted by atomic mass is 10.1. The fraction of sp³-hybridized carbons (Fsp3) is 0.529. The van der Waals surface area contributed by atoms with E-state index < -0.39 is 6.10 Å². The van der Waals surface area contributed by atoms with Crippen molar-refractivity contribution in [3.8, 4) is 0 Å². The van der Waals surface area contributed by atoms with Crippen LogP contribution in [0.5, 0.6) is 0 Å². The first-order chi connectivity index (χ1) is 9.58. The number of aliphatic hydroxyl groups excluding tert-OH is 1. The third kappa shape index (κ3) is 8.10. The predicted molar refractivity (Wildman–Crippen MR) is 84.6 cm³/mol. The second-order valence-electron chi connectivity index (χ2n) is 5.62. The Hall–Kier alpha value is -1.16. The summed E-state index contributed by atoms with van der Waals surface area (Å²) in [6.07, 6.45) is 1.70. The van der Waals surface area contributed by atoms with E-state index in [4.69, 9.17) is 4.74 Å². The van der Waals surface area contributed by atoms with Gasteiger partial charge in [0.05, 0.1) is 12.7 Å². The SMILES string of the molecule is C/C(=C\c1ccccc1)CNCC(O)COCC(C)C. The molecule has 0 amide bonds. The topological polar surface area (TPSA) is 41.5 Å². The van der Waals surface area contributed by atoms with Gasteiger partial charge in [0.15, 0.2) is 0 Å². The van der Waals surface area contributed by atoms with Gasteiger partial charge in [0, 0.05) is 19.7 Å². The number of ether oxygens (including phenoxy) is 1. The fourth-order valence-electron chi connectivity index (χ4n) is 1.82. The summed E-state index contributed by atoms with van der Waals surface area (Å²) in [6, 6.07) is 10.2.